The van der Waals surface area contributed by atoms with Gasteiger partial charge in [0.1, 0.15) is 0 Å². The summed E-state index contributed by atoms with van der Waals surface area (Å²) in [5.41, 5.74) is 13.8. The number of amides is 2. The highest BCUT2D eigenvalue weighted by atomic mass is 16.2. The topological polar surface area (TPSA) is 138 Å². The van der Waals surface area contributed by atoms with Gasteiger partial charge in [0.2, 0.25) is 11.8 Å². The fourth-order valence-electron chi connectivity index (χ4n) is 3.58. The summed E-state index contributed by atoms with van der Waals surface area (Å²) in [5.74, 6) is -0.218. The molecule has 32 heavy (non-hydrogen) atoms. The SMILES string of the molecule is NC(N)=NCCCC(=O)NCCC(=O)NC(Cc1c[nH]c2ccccc12)c1ccccc1. The molecule has 1 heterocycles. The van der Waals surface area contributed by atoms with Crippen LogP contribution in [-0.2, 0) is 16.0 Å². The molecule has 0 radical (unpaired) electrons. The quantitative estimate of drug-likeness (QED) is 0.179. The van der Waals surface area contributed by atoms with E-state index in [0.29, 0.717) is 25.8 Å². The highest BCUT2D eigenvalue weighted by Gasteiger charge is 2.17. The summed E-state index contributed by atoms with van der Waals surface area (Å²) in [7, 11) is 0. The first kappa shape index (κ1) is 22.9. The molecule has 0 aliphatic carbocycles. The average molecular weight is 435 g/mol. The second kappa shape index (κ2) is 11.5. The number of fused-ring (bicyclic) bond motifs is 1. The number of rotatable bonds is 11. The van der Waals surface area contributed by atoms with Gasteiger partial charge in [-0.15, -0.1) is 0 Å². The number of nitrogens with one attached hydrogen (secondary N) is 3. The number of para-hydroxylation sites is 1. The van der Waals surface area contributed by atoms with E-state index < -0.39 is 0 Å². The molecule has 2 aromatic carbocycles. The summed E-state index contributed by atoms with van der Waals surface area (Å²) in [5, 5.41) is 7.04. The van der Waals surface area contributed by atoms with Crippen LogP contribution in [0.5, 0.6) is 0 Å². The minimum absolute atomic E-state index is 0.0164. The summed E-state index contributed by atoms with van der Waals surface area (Å²) in [6.07, 6.45) is 3.73. The van der Waals surface area contributed by atoms with Gasteiger partial charge in [0.05, 0.1) is 6.04 Å². The lowest BCUT2D eigenvalue weighted by atomic mass is 9.98. The van der Waals surface area contributed by atoms with Gasteiger partial charge in [0, 0.05) is 43.0 Å². The summed E-state index contributed by atoms with van der Waals surface area (Å²) in [6, 6.07) is 17.9. The van der Waals surface area contributed by atoms with E-state index in [1.165, 1.54) is 0 Å². The molecule has 8 nitrogen and oxygen atoms in total. The van der Waals surface area contributed by atoms with Crippen LogP contribution in [0.25, 0.3) is 10.9 Å². The molecule has 2 amide bonds. The van der Waals surface area contributed by atoms with E-state index >= 15 is 0 Å². The Labute approximate surface area is 187 Å². The predicted molar refractivity (Wildman–Crippen MR) is 127 cm³/mol. The van der Waals surface area contributed by atoms with Gasteiger partial charge in [-0.3, -0.25) is 14.6 Å². The molecule has 0 aliphatic rings. The Morgan fingerprint density at radius 2 is 1.72 bits per heavy atom. The number of guanidine groups is 1. The summed E-state index contributed by atoms with van der Waals surface area (Å²) in [6.45, 7) is 0.685. The normalized spacial score (nSPS) is 11.6. The Balaban J connectivity index is 1.54. The van der Waals surface area contributed by atoms with Gasteiger partial charge in [-0.1, -0.05) is 48.5 Å². The van der Waals surface area contributed by atoms with Crippen LogP contribution in [0.2, 0.25) is 0 Å². The summed E-state index contributed by atoms with van der Waals surface area (Å²) in [4.78, 5) is 31.6. The van der Waals surface area contributed by atoms with Gasteiger partial charge in [0.15, 0.2) is 5.96 Å². The van der Waals surface area contributed by atoms with Crippen molar-refractivity contribution in [2.75, 3.05) is 13.1 Å². The highest BCUT2D eigenvalue weighted by molar-refractivity contribution is 5.83. The number of carbonyl (C=O) groups is 2. The number of hydrogen-bond donors (Lipinski definition) is 5. The maximum absolute atomic E-state index is 12.6. The Hall–Kier alpha value is -3.81. The molecular weight excluding hydrogens is 404 g/mol. The van der Waals surface area contributed by atoms with Gasteiger partial charge in [0.25, 0.3) is 0 Å². The van der Waals surface area contributed by atoms with Crippen molar-refractivity contribution < 1.29 is 9.59 Å². The van der Waals surface area contributed by atoms with Gasteiger partial charge in [-0.2, -0.15) is 0 Å². The monoisotopic (exact) mass is 434 g/mol. The lowest BCUT2D eigenvalue weighted by Gasteiger charge is -2.19. The van der Waals surface area contributed by atoms with E-state index in [4.69, 9.17) is 11.5 Å². The molecule has 0 saturated carbocycles. The van der Waals surface area contributed by atoms with Crippen molar-refractivity contribution in [1.82, 2.24) is 15.6 Å². The minimum atomic E-state index is -0.168. The highest BCUT2D eigenvalue weighted by Crippen LogP contribution is 2.24. The Kier molecular flexibility index (Phi) is 8.25. The molecular formula is C24H30N6O2. The molecule has 0 saturated heterocycles. The third kappa shape index (κ3) is 6.87. The molecule has 0 fully saturated rings. The van der Waals surface area contributed by atoms with Crippen molar-refractivity contribution in [3.8, 4) is 0 Å². The van der Waals surface area contributed by atoms with Crippen molar-refractivity contribution in [2.45, 2.75) is 31.7 Å². The van der Waals surface area contributed by atoms with Crippen molar-refractivity contribution in [3.05, 3.63) is 71.9 Å². The second-order valence-electron chi connectivity index (χ2n) is 7.60. The first-order valence-electron chi connectivity index (χ1n) is 10.7. The summed E-state index contributed by atoms with van der Waals surface area (Å²) < 4.78 is 0. The van der Waals surface area contributed by atoms with E-state index in [9.17, 15) is 9.59 Å². The third-order valence-corrected chi connectivity index (χ3v) is 5.17. The van der Waals surface area contributed by atoms with Gasteiger partial charge < -0.3 is 27.1 Å². The van der Waals surface area contributed by atoms with Gasteiger partial charge >= 0.3 is 0 Å². The van der Waals surface area contributed by atoms with E-state index in [1.54, 1.807) is 0 Å². The lowest BCUT2D eigenvalue weighted by Crippen LogP contribution is -2.33. The Bertz CT molecular complexity index is 1060. The van der Waals surface area contributed by atoms with Gasteiger partial charge in [-0.25, -0.2) is 0 Å². The number of aromatic amines is 1. The molecule has 8 heteroatoms. The van der Waals surface area contributed by atoms with Crippen LogP contribution in [-0.4, -0.2) is 35.8 Å². The number of hydrogen-bond acceptors (Lipinski definition) is 3. The number of aliphatic imine (C=N–C) groups is 1. The number of nitrogens with two attached hydrogens (primary N) is 2. The van der Waals surface area contributed by atoms with Gasteiger partial charge in [-0.05, 0) is 30.0 Å². The Morgan fingerprint density at radius 1 is 0.969 bits per heavy atom. The number of H-pyrrole nitrogens is 1. The standard InChI is InChI=1S/C24H30N6O2/c25-24(26)28-13-6-11-22(31)27-14-12-23(32)30-21(17-7-2-1-3-8-17)15-18-16-29-20-10-5-4-9-19(18)20/h1-5,7-10,16,21,29H,6,11-15H2,(H,27,31)(H,30,32)(H4,25,26,28). The van der Waals surface area contributed by atoms with Crippen LogP contribution in [0.15, 0.2) is 65.8 Å². The molecule has 0 spiro atoms. The molecule has 7 N–H and O–H groups in total. The van der Waals surface area contributed by atoms with Crippen molar-refractivity contribution in [2.24, 2.45) is 16.5 Å². The number of carbonyl (C=O) groups excluding carboxylic acids is 2. The van der Waals surface area contributed by atoms with Crippen LogP contribution in [0.1, 0.15) is 36.4 Å². The zero-order valence-electron chi connectivity index (χ0n) is 18.0. The number of benzene rings is 2. The lowest BCUT2D eigenvalue weighted by molar-refractivity contribution is -0.122. The first-order chi connectivity index (χ1) is 15.5. The van der Waals surface area contributed by atoms with E-state index in [2.05, 4.69) is 26.7 Å². The molecule has 1 unspecified atom stereocenters. The molecule has 0 bridgehead atoms. The fraction of sp³-hybridized carbons (Fsp3) is 0.292. The van der Waals surface area contributed by atoms with E-state index in [1.807, 2.05) is 54.7 Å². The van der Waals surface area contributed by atoms with Crippen LogP contribution >= 0.6 is 0 Å². The maximum Gasteiger partial charge on any atom is 0.222 e. The molecule has 3 aromatic rings. The molecule has 1 aromatic heterocycles. The molecule has 168 valence electrons. The van der Waals surface area contributed by atoms with Crippen LogP contribution in [0.3, 0.4) is 0 Å². The second-order valence-corrected chi connectivity index (χ2v) is 7.60. The number of nitrogens with zero attached hydrogens (tertiary/aromatic N) is 1. The van der Waals surface area contributed by atoms with E-state index in [-0.39, 0.29) is 36.8 Å². The first-order valence-corrected chi connectivity index (χ1v) is 10.7. The zero-order chi connectivity index (χ0) is 22.8. The van der Waals surface area contributed by atoms with Crippen molar-refractivity contribution in [1.29, 1.82) is 0 Å². The van der Waals surface area contributed by atoms with Crippen molar-refractivity contribution >= 4 is 28.7 Å². The average Bonchev–Trinajstić information content (AvgIpc) is 3.20. The largest absolute Gasteiger partial charge is 0.370 e. The zero-order valence-corrected chi connectivity index (χ0v) is 18.0. The molecule has 3 rings (SSSR count). The smallest absolute Gasteiger partial charge is 0.222 e. The summed E-state index contributed by atoms with van der Waals surface area (Å²) >= 11 is 0. The minimum Gasteiger partial charge on any atom is -0.370 e. The van der Waals surface area contributed by atoms with Crippen LogP contribution < -0.4 is 22.1 Å². The molecule has 0 aliphatic heterocycles. The predicted octanol–water partition coefficient (Wildman–Crippen LogP) is 2.13. The Morgan fingerprint density at radius 3 is 2.50 bits per heavy atom. The fourth-order valence-corrected chi connectivity index (χ4v) is 3.58. The number of aromatic nitrogens is 1. The van der Waals surface area contributed by atoms with Crippen LogP contribution in [0, 0.1) is 0 Å². The maximum atomic E-state index is 12.6. The third-order valence-electron chi connectivity index (χ3n) is 5.17. The molecule has 1 atom stereocenters. The van der Waals surface area contributed by atoms with E-state index in [0.717, 1.165) is 22.0 Å². The van der Waals surface area contributed by atoms with Crippen molar-refractivity contribution in [3.63, 3.8) is 0 Å². The van der Waals surface area contributed by atoms with Crippen LogP contribution in [0.4, 0.5) is 0 Å².